The van der Waals surface area contributed by atoms with Crippen molar-refractivity contribution in [2.45, 2.75) is 37.2 Å². The number of hydrogen-bond donors (Lipinski definition) is 0. The molecule has 0 aliphatic heterocycles. The van der Waals surface area contributed by atoms with E-state index in [1.807, 2.05) is 0 Å². The standard InChI is InChI=1S/C4H8O2S.C3H9Ge/c1-3(2)6-4(5)7;1-4(2)3/h3H,1-2H3,(H,5,7);1-3H3/p-1. The van der Waals surface area contributed by atoms with Gasteiger partial charge in [-0.2, -0.15) is 0 Å². The molecule has 0 aliphatic carbocycles. The summed E-state index contributed by atoms with van der Waals surface area (Å²) in [7, 11) is 0. The molecule has 0 unspecified atom stereocenters. The van der Waals surface area contributed by atoms with Crippen LogP contribution in [0.25, 0.3) is 0 Å². The minimum atomic E-state index is -0.630. The molecule has 0 spiro atoms. The van der Waals surface area contributed by atoms with Crippen molar-refractivity contribution in [2.75, 3.05) is 0 Å². The molecule has 0 atom stereocenters. The van der Waals surface area contributed by atoms with Crippen molar-refractivity contribution in [3.8, 4) is 0 Å². The SMILES string of the molecule is CC(C)OC(=O)[S-].[CH3][Ge]([CH3])[CH3]. The van der Waals surface area contributed by atoms with Crippen molar-refractivity contribution >= 4 is 32.3 Å². The Kier molecular flexibility index (Phi) is 10.4. The summed E-state index contributed by atoms with van der Waals surface area (Å²) in [6, 6.07) is 0. The van der Waals surface area contributed by atoms with E-state index in [1.54, 1.807) is 13.8 Å². The van der Waals surface area contributed by atoms with Crippen molar-refractivity contribution in [3.05, 3.63) is 0 Å². The Morgan fingerprint density at radius 2 is 1.64 bits per heavy atom. The molecular weight excluding hydrogens is 221 g/mol. The van der Waals surface area contributed by atoms with Crippen LogP contribution in [0.5, 0.6) is 0 Å². The Labute approximate surface area is 79.2 Å². The van der Waals surface area contributed by atoms with Gasteiger partial charge in [0.05, 0.1) is 6.10 Å². The number of hydrogen-bond acceptors (Lipinski definition) is 3. The summed E-state index contributed by atoms with van der Waals surface area (Å²) in [5.41, 5.74) is 0. The fourth-order valence-electron chi connectivity index (χ4n) is 0.192. The fourth-order valence-corrected chi connectivity index (χ4v) is 0.385. The number of carbonyl (C=O) groups excluding carboxylic acids is 1. The Hall–Kier alpha value is 0.233. The first-order valence-corrected chi connectivity index (χ1v) is 10.2. The molecule has 2 nitrogen and oxygen atoms in total. The van der Waals surface area contributed by atoms with Crippen LogP contribution in [0.1, 0.15) is 13.8 Å². The van der Waals surface area contributed by atoms with E-state index in [4.69, 9.17) is 0 Å². The van der Waals surface area contributed by atoms with Gasteiger partial charge in [-0.1, -0.05) is 0 Å². The molecule has 0 saturated carbocycles. The van der Waals surface area contributed by atoms with Crippen LogP contribution in [0.4, 0.5) is 4.79 Å². The Bertz CT molecular complexity index is 102. The summed E-state index contributed by atoms with van der Waals surface area (Å²) in [6.45, 7) is 3.51. The molecule has 1 radical (unpaired) electrons. The van der Waals surface area contributed by atoms with E-state index >= 15 is 0 Å². The van der Waals surface area contributed by atoms with Crippen LogP contribution >= 0.6 is 0 Å². The zero-order valence-electron chi connectivity index (χ0n) is 7.80. The molecule has 0 saturated heterocycles. The van der Waals surface area contributed by atoms with Gasteiger partial charge in [0.25, 0.3) is 0 Å². The first-order valence-electron chi connectivity index (χ1n) is 3.50. The van der Waals surface area contributed by atoms with Crippen molar-refractivity contribution < 1.29 is 9.53 Å². The molecule has 0 aliphatic rings. The van der Waals surface area contributed by atoms with E-state index < -0.39 is 5.30 Å². The van der Waals surface area contributed by atoms with Gasteiger partial charge in [0.2, 0.25) is 0 Å². The normalized spacial score (nSPS) is 9.00. The Morgan fingerprint density at radius 1 is 1.36 bits per heavy atom. The topological polar surface area (TPSA) is 26.3 Å². The van der Waals surface area contributed by atoms with Crippen LogP contribution in [0.15, 0.2) is 0 Å². The molecule has 0 amide bonds. The fraction of sp³-hybridized carbons (Fsp3) is 0.857. The average Bonchev–Trinajstić information content (AvgIpc) is 1.56. The molecule has 11 heavy (non-hydrogen) atoms. The van der Waals surface area contributed by atoms with E-state index in [-0.39, 0.29) is 20.5 Å². The van der Waals surface area contributed by atoms with E-state index in [1.165, 1.54) is 0 Å². The van der Waals surface area contributed by atoms with Gasteiger partial charge in [-0.3, -0.25) is 4.79 Å². The number of carbonyl (C=O) groups is 1. The van der Waals surface area contributed by atoms with Gasteiger partial charge in [0.1, 0.15) is 0 Å². The maximum atomic E-state index is 9.85. The molecule has 67 valence electrons. The van der Waals surface area contributed by atoms with Crippen molar-refractivity contribution in [2.24, 2.45) is 0 Å². The quantitative estimate of drug-likeness (QED) is 0.398. The molecule has 0 bridgehead atoms. The number of ether oxygens (including phenoxy) is 1. The van der Waals surface area contributed by atoms with Gasteiger partial charge in [-0.25, -0.2) is 0 Å². The molecule has 0 aromatic rings. The molecule has 4 heteroatoms. The van der Waals surface area contributed by atoms with E-state index in [9.17, 15) is 4.79 Å². The second kappa shape index (κ2) is 8.33. The van der Waals surface area contributed by atoms with Crippen LogP contribution in [0.3, 0.4) is 0 Å². The predicted molar refractivity (Wildman–Crippen MR) is 52.3 cm³/mol. The van der Waals surface area contributed by atoms with Crippen molar-refractivity contribution in [1.29, 1.82) is 0 Å². The predicted octanol–water partition coefficient (Wildman–Crippen LogP) is 2.45. The summed E-state index contributed by atoms with van der Waals surface area (Å²) in [6.07, 6.45) is -0.0787. The van der Waals surface area contributed by atoms with Crippen LogP contribution in [-0.2, 0) is 17.4 Å². The second-order valence-electron chi connectivity index (χ2n) is 2.92. The Balaban J connectivity index is 0. The van der Waals surface area contributed by atoms with Gasteiger partial charge in [-0.05, 0) is 13.8 Å². The van der Waals surface area contributed by atoms with Gasteiger partial charge in [0.15, 0.2) is 5.30 Å². The summed E-state index contributed by atoms with van der Waals surface area (Å²) >= 11 is 3.76. The van der Waals surface area contributed by atoms with Gasteiger partial charge < -0.3 is 17.4 Å². The third-order valence-corrected chi connectivity index (χ3v) is 0.428. The van der Waals surface area contributed by atoms with Crippen LogP contribution in [0, 0.1) is 0 Å². The monoisotopic (exact) mass is 238 g/mol. The maximum absolute atomic E-state index is 9.85. The molecule has 0 rings (SSSR count). The van der Waals surface area contributed by atoms with Gasteiger partial charge in [0, 0.05) is 0 Å². The first-order chi connectivity index (χ1) is 4.86. The molecular formula is C7H16GeO2S-. The van der Waals surface area contributed by atoms with Crippen LogP contribution in [-0.4, -0.2) is 25.8 Å². The van der Waals surface area contributed by atoms with Gasteiger partial charge in [-0.15, -0.1) is 0 Å². The van der Waals surface area contributed by atoms with Crippen molar-refractivity contribution in [1.82, 2.24) is 0 Å². The molecule has 0 heterocycles. The van der Waals surface area contributed by atoms with Gasteiger partial charge >= 0.3 is 31.6 Å². The third-order valence-electron chi connectivity index (χ3n) is 0.332. The summed E-state index contributed by atoms with van der Waals surface area (Å²) in [5, 5.41) is -0.630. The second-order valence-corrected chi connectivity index (χ2v) is 9.54. The summed E-state index contributed by atoms with van der Waals surface area (Å²) in [4.78, 5) is 9.85. The first kappa shape index (κ1) is 13.8. The summed E-state index contributed by atoms with van der Waals surface area (Å²) in [5.74, 6) is 7.00. The Morgan fingerprint density at radius 3 is 1.64 bits per heavy atom. The molecule has 0 aromatic heterocycles. The summed E-state index contributed by atoms with van der Waals surface area (Å²) < 4.78 is 4.43. The van der Waals surface area contributed by atoms with Crippen molar-refractivity contribution in [3.63, 3.8) is 0 Å². The average molecular weight is 237 g/mol. The van der Waals surface area contributed by atoms with E-state index in [2.05, 4.69) is 34.6 Å². The van der Waals surface area contributed by atoms with Crippen LogP contribution in [0.2, 0.25) is 17.3 Å². The van der Waals surface area contributed by atoms with Crippen LogP contribution < -0.4 is 0 Å². The molecule has 0 aromatic carbocycles. The van der Waals surface area contributed by atoms with E-state index in [0.717, 1.165) is 0 Å². The number of rotatable bonds is 1. The zero-order chi connectivity index (χ0) is 9.44. The third kappa shape index (κ3) is 38.7. The van der Waals surface area contributed by atoms with E-state index in [0.29, 0.717) is 0 Å². The zero-order valence-corrected chi connectivity index (χ0v) is 10.7. The minimum absolute atomic E-state index is 0.0787. The molecule has 0 fully saturated rings. The molecule has 0 N–H and O–H groups in total.